The van der Waals surface area contributed by atoms with E-state index in [1.54, 1.807) is 32.0 Å². The molecule has 0 N–H and O–H groups in total. The molecule has 0 spiro atoms. The largest absolute Gasteiger partial charge is 0.497 e. The van der Waals surface area contributed by atoms with E-state index in [4.69, 9.17) is 14.5 Å². The van der Waals surface area contributed by atoms with Gasteiger partial charge in [0.25, 0.3) is 0 Å². The standard InChI is InChI=1S/C17H22N2O4S2/c1-11(2)8-24-17-18-13-9-25(20,21)10-15(13)19(17)14-6-5-12(22-3)7-16(14)23-4/h5-7,13,15H,1,8-10H2,2-4H3/t13-,15+/m1/s1. The Balaban J connectivity index is 2.01. The zero-order valence-electron chi connectivity index (χ0n) is 14.6. The van der Waals surface area contributed by atoms with Crippen LogP contribution in [0.5, 0.6) is 11.5 Å². The summed E-state index contributed by atoms with van der Waals surface area (Å²) in [6, 6.07) is 5.11. The maximum atomic E-state index is 12.1. The molecular formula is C17H22N2O4S2. The first-order valence-electron chi connectivity index (χ1n) is 7.91. The Morgan fingerprint density at radius 3 is 2.76 bits per heavy atom. The van der Waals surface area contributed by atoms with E-state index in [2.05, 4.69) is 6.58 Å². The van der Waals surface area contributed by atoms with Crippen molar-refractivity contribution < 1.29 is 17.9 Å². The molecule has 0 saturated carbocycles. The van der Waals surface area contributed by atoms with Crippen LogP contribution in [0.1, 0.15) is 6.92 Å². The molecule has 8 heteroatoms. The minimum atomic E-state index is -3.07. The zero-order valence-corrected chi connectivity index (χ0v) is 16.2. The Morgan fingerprint density at radius 2 is 2.12 bits per heavy atom. The number of thioether (sulfide) groups is 1. The minimum absolute atomic E-state index is 0.101. The number of fused-ring (bicyclic) bond motifs is 1. The van der Waals surface area contributed by atoms with Gasteiger partial charge in [0.05, 0.1) is 43.5 Å². The van der Waals surface area contributed by atoms with Gasteiger partial charge in [-0.2, -0.15) is 0 Å². The summed E-state index contributed by atoms with van der Waals surface area (Å²) in [6.07, 6.45) is 0. The smallest absolute Gasteiger partial charge is 0.164 e. The van der Waals surface area contributed by atoms with Gasteiger partial charge in [0.15, 0.2) is 15.0 Å². The van der Waals surface area contributed by atoms with E-state index in [1.807, 2.05) is 24.0 Å². The van der Waals surface area contributed by atoms with Crippen molar-refractivity contribution in [1.29, 1.82) is 0 Å². The topological polar surface area (TPSA) is 68.2 Å². The molecule has 0 bridgehead atoms. The van der Waals surface area contributed by atoms with Crippen molar-refractivity contribution in [1.82, 2.24) is 0 Å². The normalized spacial score (nSPS) is 24.0. The van der Waals surface area contributed by atoms with Gasteiger partial charge >= 0.3 is 0 Å². The lowest BCUT2D eigenvalue weighted by Gasteiger charge is -2.28. The van der Waals surface area contributed by atoms with E-state index in [0.29, 0.717) is 11.5 Å². The average molecular weight is 383 g/mol. The van der Waals surface area contributed by atoms with Crippen molar-refractivity contribution >= 4 is 32.5 Å². The van der Waals surface area contributed by atoms with Crippen LogP contribution in [0.4, 0.5) is 5.69 Å². The van der Waals surface area contributed by atoms with Crippen LogP contribution >= 0.6 is 11.8 Å². The molecule has 136 valence electrons. The number of nitrogens with zero attached hydrogens (tertiary/aromatic N) is 2. The van der Waals surface area contributed by atoms with Crippen molar-refractivity contribution in [3.8, 4) is 11.5 Å². The van der Waals surface area contributed by atoms with E-state index in [-0.39, 0.29) is 23.6 Å². The number of anilines is 1. The highest BCUT2D eigenvalue weighted by Crippen LogP contribution is 2.41. The van der Waals surface area contributed by atoms with Crippen LogP contribution in [0.15, 0.2) is 35.3 Å². The summed E-state index contributed by atoms with van der Waals surface area (Å²) in [6.45, 7) is 5.90. The van der Waals surface area contributed by atoms with Gasteiger partial charge in [-0.1, -0.05) is 23.9 Å². The lowest BCUT2D eigenvalue weighted by Crippen LogP contribution is -2.39. The Morgan fingerprint density at radius 1 is 1.36 bits per heavy atom. The van der Waals surface area contributed by atoms with E-state index < -0.39 is 9.84 Å². The fourth-order valence-corrected chi connectivity index (χ4v) is 5.89. The van der Waals surface area contributed by atoms with Crippen LogP contribution in [-0.4, -0.2) is 57.1 Å². The molecule has 0 unspecified atom stereocenters. The van der Waals surface area contributed by atoms with E-state index in [0.717, 1.165) is 22.2 Å². The number of hydrogen-bond donors (Lipinski definition) is 0. The molecule has 0 radical (unpaired) electrons. The van der Waals surface area contributed by atoms with Gasteiger partial charge in [-0.3, -0.25) is 4.99 Å². The summed E-state index contributed by atoms with van der Waals surface area (Å²) in [7, 11) is 0.114. The number of benzene rings is 1. The number of hydrogen-bond acceptors (Lipinski definition) is 7. The van der Waals surface area contributed by atoms with Gasteiger partial charge in [0, 0.05) is 11.8 Å². The Kier molecular flexibility index (Phi) is 5.02. The first-order chi connectivity index (χ1) is 11.8. The number of sulfone groups is 1. The highest BCUT2D eigenvalue weighted by atomic mass is 32.2. The lowest BCUT2D eigenvalue weighted by molar-refractivity contribution is 0.394. The fourth-order valence-electron chi connectivity index (χ4n) is 3.09. The van der Waals surface area contributed by atoms with E-state index in [1.165, 1.54) is 0 Å². The summed E-state index contributed by atoms with van der Waals surface area (Å²) in [4.78, 5) is 6.69. The first-order valence-corrected chi connectivity index (χ1v) is 10.7. The average Bonchev–Trinajstić information content (AvgIpc) is 3.03. The molecule has 0 aromatic heterocycles. The highest BCUT2D eigenvalue weighted by Gasteiger charge is 2.47. The number of aliphatic imine (C=N–C) groups is 1. The second-order valence-corrected chi connectivity index (χ2v) is 9.37. The van der Waals surface area contributed by atoms with Gasteiger partial charge in [-0.15, -0.1) is 0 Å². The molecule has 0 amide bonds. The SMILES string of the molecule is C=C(C)CSC1=N[C@@H]2CS(=O)(=O)C[C@@H]2N1c1ccc(OC)cc1OC. The Hall–Kier alpha value is -1.67. The Bertz CT molecular complexity index is 820. The molecule has 2 aliphatic heterocycles. The summed E-state index contributed by atoms with van der Waals surface area (Å²) in [5.74, 6) is 2.26. The molecule has 6 nitrogen and oxygen atoms in total. The second-order valence-electron chi connectivity index (χ2n) is 6.28. The molecule has 2 heterocycles. The van der Waals surface area contributed by atoms with E-state index in [9.17, 15) is 8.42 Å². The van der Waals surface area contributed by atoms with Crippen LogP contribution in [0.2, 0.25) is 0 Å². The molecule has 2 atom stereocenters. The van der Waals surface area contributed by atoms with Crippen LogP contribution in [0, 0.1) is 0 Å². The van der Waals surface area contributed by atoms with Crippen LogP contribution in [-0.2, 0) is 9.84 Å². The predicted molar refractivity (Wildman–Crippen MR) is 103 cm³/mol. The third kappa shape index (κ3) is 3.64. The molecule has 3 rings (SSSR count). The van der Waals surface area contributed by atoms with Gasteiger partial charge in [0.2, 0.25) is 0 Å². The van der Waals surface area contributed by atoms with Crippen LogP contribution in [0.25, 0.3) is 0 Å². The minimum Gasteiger partial charge on any atom is -0.497 e. The van der Waals surface area contributed by atoms with Gasteiger partial charge in [-0.05, 0) is 19.1 Å². The highest BCUT2D eigenvalue weighted by molar-refractivity contribution is 8.14. The van der Waals surface area contributed by atoms with Crippen molar-refractivity contribution in [3.63, 3.8) is 0 Å². The van der Waals surface area contributed by atoms with Gasteiger partial charge in [0.1, 0.15) is 11.5 Å². The number of ether oxygens (including phenoxy) is 2. The van der Waals surface area contributed by atoms with Crippen molar-refractivity contribution in [2.24, 2.45) is 4.99 Å². The number of amidine groups is 1. The molecule has 25 heavy (non-hydrogen) atoms. The van der Waals surface area contributed by atoms with E-state index >= 15 is 0 Å². The number of rotatable bonds is 5. The summed E-state index contributed by atoms with van der Waals surface area (Å²) < 4.78 is 34.9. The summed E-state index contributed by atoms with van der Waals surface area (Å²) in [5.41, 5.74) is 1.85. The fraction of sp³-hybridized carbons (Fsp3) is 0.471. The molecule has 1 saturated heterocycles. The maximum Gasteiger partial charge on any atom is 0.164 e. The third-order valence-electron chi connectivity index (χ3n) is 4.20. The summed E-state index contributed by atoms with van der Waals surface area (Å²) >= 11 is 1.58. The first kappa shape index (κ1) is 18.1. The monoisotopic (exact) mass is 382 g/mol. The van der Waals surface area contributed by atoms with Crippen molar-refractivity contribution in [2.45, 2.75) is 19.0 Å². The molecule has 1 fully saturated rings. The molecule has 1 aromatic carbocycles. The molecule has 2 aliphatic rings. The van der Waals surface area contributed by atoms with Gasteiger partial charge < -0.3 is 14.4 Å². The molecular weight excluding hydrogens is 360 g/mol. The van der Waals surface area contributed by atoms with Crippen LogP contribution < -0.4 is 14.4 Å². The van der Waals surface area contributed by atoms with Gasteiger partial charge in [-0.25, -0.2) is 8.42 Å². The van der Waals surface area contributed by atoms with Crippen LogP contribution in [0.3, 0.4) is 0 Å². The third-order valence-corrected chi connectivity index (χ3v) is 7.10. The number of methoxy groups -OCH3 is 2. The molecule has 1 aromatic rings. The van der Waals surface area contributed by atoms with Crippen molar-refractivity contribution in [3.05, 3.63) is 30.4 Å². The Labute approximate surface area is 152 Å². The predicted octanol–water partition coefficient (Wildman–Crippen LogP) is 2.35. The summed E-state index contributed by atoms with van der Waals surface area (Å²) in [5, 5.41) is 0.816. The quantitative estimate of drug-likeness (QED) is 0.728. The van der Waals surface area contributed by atoms with Crippen molar-refractivity contribution in [2.75, 3.05) is 36.4 Å². The lowest BCUT2D eigenvalue weighted by atomic mass is 10.1. The maximum absolute atomic E-state index is 12.1. The molecule has 0 aliphatic carbocycles. The zero-order chi connectivity index (χ0) is 18.2. The second kappa shape index (κ2) is 6.92.